The number of allylic oxidation sites excluding steroid dienone is 2. The standard InChI is InChI=1S/C18H30N4O/c1-13(2)7-6-8-14(3)19-10-15-9-17(23)22(5)18(15)16-11-20-21(4)12-16/h7,11-12,14-15,18-19H,6,8-10H2,1-5H3/t14?,15-,18+/m0/s1. The van der Waals surface area contributed by atoms with E-state index < -0.39 is 0 Å². The molecule has 3 atom stereocenters. The summed E-state index contributed by atoms with van der Waals surface area (Å²) in [5, 5.41) is 7.87. The van der Waals surface area contributed by atoms with Crippen LogP contribution in [0.2, 0.25) is 0 Å². The lowest BCUT2D eigenvalue weighted by Crippen LogP contribution is -2.33. The Bertz CT molecular complexity index is 559. The fourth-order valence-electron chi connectivity index (χ4n) is 3.30. The highest BCUT2D eigenvalue weighted by Crippen LogP contribution is 2.36. The van der Waals surface area contributed by atoms with Crippen LogP contribution in [0.1, 0.15) is 51.6 Å². The number of nitrogens with one attached hydrogen (secondary N) is 1. The molecule has 1 aromatic heterocycles. The molecule has 5 heteroatoms. The van der Waals surface area contributed by atoms with Crippen LogP contribution < -0.4 is 5.32 Å². The van der Waals surface area contributed by atoms with E-state index in [2.05, 4.69) is 37.3 Å². The van der Waals surface area contributed by atoms with Crippen molar-refractivity contribution >= 4 is 5.91 Å². The van der Waals surface area contributed by atoms with Crippen LogP contribution in [0.4, 0.5) is 0 Å². The number of nitrogens with zero attached hydrogens (tertiary/aromatic N) is 3. The van der Waals surface area contributed by atoms with Gasteiger partial charge in [0, 0.05) is 50.8 Å². The monoisotopic (exact) mass is 318 g/mol. The van der Waals surface area contributed by atoms with Gasteiger partial charge in [-0.05, 0) is 33.6 Å². The van der Waals surface area contributed by atoms with E-state index in [0.29, 0.717) is 18.4 Å². The average Bonchev–Trinajstić information content (AvgIpc) is 3.01. The number of aromatic nitrogens is 2. The number of aryl methyl sites for hydroxylation is 1. The van der Waals surface area contributed by atoms with Gasteiger partial charge in [0.05, 0.1) is 12.2 Å². The van der Waals surface area contributed by atoms with E-state index in [4.69, 9.17) is 0 Å². The minimum atomic E-state index is 0.133. The van der Waals surface area contributed by atoms with Crippen LogP contribution in [0.5, 0.6) is 0 Å². The zero-order valence-electron chi connectivity index (χ0n) is 15.0. The van der Waals surface area contributed by atoms with E-state index in [1.54, 1.807) is 4.68 Å². The molecule has 1 aliphatic heterocycles. The zero-order valence-corrected chi connectivity index (χ0v) is 15.0. The van der Waals surface area contributed by atoms with E-state index in [0.717, 1.165) is 24.9 Å². The third-order valence-corrected chi connectivity index (χ3v) is 4.64. The molecule has 1 amide bonds. The minimum Gasteiger partial charge on any atom is -0.338 e. The largest absolute Gasteiger partial charge is 0.338 e. The molecular formula is C18H30N4O. The summed E-state index contributed by atoms with van der Waals surface area (Å²) in [5.74, 6) is 0.533. The maximum atomic E-state index is 12.1. The van der Waals surface area contributed by atoms with Gasteiger partial charge in [0.2, 0.25) is 5.91 Å². The van der Waals surface area contributed by atoms with Gasteiger partial charge in [0.25, 0.3) is 0 Å². The summed E-state index contributed by atoms with van der Waals surface area (Å²) in [6, 6.07) is 0.592. The number of hydrogen-bond acceptors (Lipinski definition) is 3. The maximum absolute atomic E-state index is 12.1. The Morgan fingerprint density at radius 1 is 1.48 bits per heavy atom. The third-order valence-electron chi connectivity index (χ3n) is 4.64. The van der Waals surface area contributed by atoms with Crippen LogP contribution in [0, 0.1) is 5.92 Å². The molecule has 0 aromatic carbocycles. The molecule has 0 bridgehead atoms. The predicted molar refractivity (Wildman–Crippen MR) is 93.0 cm³/mol. The van der Waals surface area contributed by atoms with Crippen molar-refractivity contribution in [2.24, 2.45) is 13.0 Å². The van der Waals surface area contributed by atoms with Gasteiger partial charge >= 0.3 is 0 Å². The highest BCUT2D eigenvalue weighted by Gasteiger charge is 2.38. The van der Waals surface area contributed by atoms with Gasteiger partial charge in [-0.3, -0.25) is 9.48 Å². The van der Waals surface area contributed by atoms with Gasteiger partial charge < -0.3 is 10.2 Å². The molecule has 5 nitrogen and oxygen atoms in total. The zero-order chi connectivity index (χ0) is 17.0. The van der Waals surface area contributed by atoms with Gasteiger partial charge in [-0.25, -0.2) is 0 Å². The molecule has 128 valence electrons. The van der Waals surface area contributed by atoms with Crippen molar-refractivity contribution < 1.29 is 4.79 Å². The predicted octanol–water partition coefficient (Wildman–Crippen LogP) is 2.66. The molecule has 0 aliphatic carbocycles. The Hall–Kier alpha value is -1.62. The first kappa shape index (κ1) is 17.7. The Balaban J connectivity index is 1.92. The molecular weight excluding hydrogens is 288 g/mol. The fourth-order valence-corrected chi connectivity index (χ4v) is 3.30. The van der Waals surface area contributed by atoms with Crippen LogP contribution in [0.15, 0.2) is 24.0 Å². The lowest BCUT2D eigenvalue weighted by Gasteiger charge is -2.25. The highest BCUT2D eigenvalue weighted by molar-refractivity contribution is 5.79. The number of hydrogen-bond donors (Lipinski definition) is 1. The van der Waals surface area contributed by atoms with Crippen LogP contribution in [-0.2, 0) is 11.8 Å². The quantitative estimate of drug-likeness (QED) is 0.786. The third kappa shape index (κ3) is 4.67. The minimum absolute atomic E-state index is 0.133. The first-order valence-corrected chi connectivity index (χ1v) is 8.49. The Labute approximate surface area is 139 Å². The molecule has 1 aromatic rings. The summed E-state index contributed by atoms with van der Waals surface area (Å²) in [6.07, 6.45) is 9.02. The molecule has 1 aliphatic rings. The molecule has 1 N–H and O–H groups in total. The topological polar surface area (TPSA) is 50.2 Å². The Morgan fingerprint density at radius 2 is 2.22 bits per heavy atom. The molecule has 0 radical (unpaired) electrons. The van der Waals surface area contributed by atoms with Gasteiger partial charge in [-0.1, -0.05) is 11.6 Å². The van der Waals surface area contributed by atoms with Crippen LogP contribution in [-0.4, -0.2) is 40.2 Å². The summed E-state index contributed by atoms with van der Waals surface area (Å²) in [4.78, 5) is 14.0. The molecule has 2 heterocycles. The Kier molecular flexibility index (Phi) is 5.99. The summed E-state index contributed by atoms with van der Waals surface area (Å²) in [6.45, 7) is 7.36. The van der Waals surface area contributed by atoms with Gasteiger partial charge in [0.15, 0.2) is 0 Å². The molecule has 2 rings (SSSR count). The molecule has 0 saturated carbocycles. The van der Waals surface area contributed by atoms with Crippen molar-refractivity contribution in [1.29, 1.82) is 0 Å². The number of likely N-dealkylation sites (tertiary alicyclic amines) is 1. The van der Waals surface area contributed by atoms with Crippen molar-refractivity contribution in [2.75, 3.05) is 13.6 Å². The summed E-state index contributed by atoms with van der Waals surface area (Å²) >= 11 is 0. The molecule has 1 unspecified atom stereocenters. The van der Waals surface area contributed by atoms with Crippen LogP contribution in [0.25, 0.3) is 0 Å². The first-order chi connectivity index (χ1) is 10.9. The first-order valence-electron chi connectivity index (χ1n) is 8.49. The number of carbonyl (C=O) groups excluding carboxylic acids is 1. The molecule has 0 spiro atoms. The Morgan fingerprint density at radius 3 is 2.83 bits per heavy atom. The van der Waals surface area contributed by atoms with E-state index in [-0.39, 0.29) is 11.9 Å². The smallest absolute Gasteiger partial charge is 0.223 e. The highest BCUT2D eigenvalue weighted by atomic mass is 16.2. The second-order valence-electron chi connectivity index (χ2n) is 7.03. The number of rotatable bonds is 7. The SMILES string of the molecule is CC(C)=CCCC(C)NC[C@@H]1CC(=O)N(C)[C@H]1c1cnn(C)c1. The molecule has 23 heavy (non-hydrogen) atoms. The number of amides is 1. The van der Waals surface area contributed by atoms with E-state index >= 15 is 0 Å². The lowest BCUT2D eigenvalue weighted by molar-refractivity contribution is -0.127. The van der Waals surface area contributed by atoms with Gasteiger partial charge in [-0.2, -0.15) is 5.10 Å². The van der Waals surface area contributed by atoms with Crippen molar-refractivity contribution in [3.05, 3.63) is 29.6 Å². The van der Waals surface area contributed by atoms with Crippen LogP contribution >= 0.6 is 0 Å². The second kappa shape index (κ2) is 7.77. The van der Waals surface area contributed by atoms with Crippen LogP contribution in [0.3, 0.4) is 0 Å². The molecule has 1 fully saturated rings. The summed E-state index contributed by atoms with van der Waals surface area (Å²) in [7, 11) is 3.82. The second-order valence-corrected chi connectivity index (χ2v) is 7.03. The van der Waals surface area contributed by atoms with Crippen molar-refractivity contribution in [3.8, 4) is 0 Å². The molecule has 1 saturated heterocycles. The van der Waals surface area contributed by atoms with Crippen molar-refractivity contribution in [3.63, 3.8) is 0 Å². The fraction of sp³-hybridized carbons (Fsp3) is 0.667. The van der Waals surface area contributed by atoms with Crippen molar-refractivity contribution in [2.45, 2.75) is 52.1 Å². The summed E-state index contributed by atoms with van der Waals surface area (Å²) in [5.41, 5.74) is 2.50. The van der Waals surface area contributed by atoms with E-state index in [1.165, 1.54) is 5.57 Å². The summed E-state index contributed by atoms with van der Waals surface area (Å²) < 4.78 is 1.80. The number of carbonyl (C=O) groups is 1. The van der Waals surface area contributed by atoms with Gasteiger partial charge in [-0.15, -0.1) is 0 Å². The van der Waals surface area contributed by atoms with E-state index in [1.807, 2.05) is 31.4 Å². The van der Waals surface area contributed by atoms with Gasteiger partial charge in [0.1, 0.15) is 0 Å². The maximum Gasteiger partial charge on any atom is 0.223 e. The normalized spacial score (nSPS) is 22.5. The van der Waals surface area contributed by atoms with E-state index in [9.17, 15) is 4.79 Å². The average molecular weight is 318 g/mol. The van der Waals surface area contributed by atoms with Crippen molar-refractivity contribution in [1.82, 2.24) is 20.0 Å². The lowest BCUT2D eigenvalue weighted by atomic mass is 9.95.